The molecule has 4 rings (SSSR count). The number of hydrogen-bond acceptors (Lipinski definition) is 8. The van der Waals surface area contributed by atoms with Gasteiger partial charge in [-0.15, -0.1) is 11.3 Å². The van der Waals surface area contributed by atoms with E-state index in [0.29, 0.717) is 40.7 Å². The van der Waals surface area contributed by atoms with Gasteiger partial charge in [0.25, 0.3) is 11.8 Å². The van der Waals surface area contributed by atoms with E-state index in [1.54, 1.807) is 37.2 Å². The number of fused-ring (bicyclic) bond motifs is 1. The van der Waals surface area contributed by atoms with Gasteiger partial charge >= 0.3 is 0 Å². The van der Waals surface area contributed by atoms with E-state index >= 15 is 0 Å². The average molecular weight is 560 g/mol. The highest BCUT2D eigenvalue weighted by Crippen LogP contribution is 2.29. The molecule has 1 fully saturated rings. The number of nitrogens with one attached hydrogen (secondary N) is 3. The van der Waals surface area contributed by atoms with Crippen molar-refractivity contribution < 1.29 is 14.4 Å². The van der Waals surface area contributed by atoms with E-state index in [0.717, 1.165) is 30.1 Å². The van der Waals surface area contributed by atoms with Crippen molar-refractivity contribution in [2.75, 3.05) is 38.7 Å². The highest BCUT2D eigenvalue weighted by molar-refractivity contribution is 7.13. The molecule has 0 spiro atoms. The Kier molecular flexibility index (Phi) is 8.59. The van der Waals surface area contributed by atoms with Gasteiger partial charge in [0.1, 0.15) is 0 Å². The molecule has 38 heavy (non-hydrogen) atoms. The van der Waals surface area contributed by atoms with Crippen molar-refractivity contribution in [3.8, 4) is 0 Å². The number of benzene rings is 1. The molecule has 10 nitrogen and oxygen atoms in total. The number of anilines is 2. The Labute approximate surface area is 231 Å². The van der Waals surface area contributed by atoms with Gasteiger partial charge in [0.05, 0.1) is 28.1 Å². The molecule has 1 aliphatic carbocycles. The third kappa shape index (κ3) is 6.46. The molecule has 0 saturated heterocycles. The largest absolute Gasteiger partial charge is 0.397 e. The monoisotopic (exact) mass is 559 g/mol. The van der Waals surface area contributed by atoms with E-state index in [-0.39, 0.29) is 29.5 Å². The molecule has 1 aromatic heterocycles. The molecule has 0 unspecified atom stereocenters. The van der Waals surface area contributed by atoms with Crippen LogP contribution in [0.2, 0.25) is 5.02 Å². The van der Waals surface area contributed by atoms with Crippen LogP contribution in [0.15, 0.2) is 30.5 Å². The Hall–Kier alpha value is -3.15. The summed E-state index contributed by atoms with van der Waals surface area (Å²) in [5.74, 6) is -0.941. The molecular formula is C26H34ClN7O3S. The van der Waals surface area contributed by atoms with E-state index in [1.807, 2.05) is 7.05 Å². The molecule has 1 aliphatic heterocycles. The minimum atomic E-state index is -0.448. The number of carbonyl (C=O) groups excluding carboxylic acids is 3. The summed E-state index contributed by atoms with van der Waals surface area (Å²) >= 11 is 7.38. The highest BCUT2D eigenvalue weighted by Gasteiger charge is 2.37. The quantitative estimate of drug-likeness (QED) is 0.302. The zero-order valence-electron chi connectivity index (χ0n) is 21.8. The second-order valence-electron chi connectivity index (χ2n) is 10.1. The number of hydrogen-bond donors (Lipinski definition) is 4. The van der Waals surface area contributed by atoms with Crippen LogP contribution in [0.3, 0.4) is 0 Å². The number of nitrogens with zero attached hydrogens (tertiary/aromatic N) is 3. The Morgan fingerprint density at radius 2 is 1.97 bits per heavy atom. The van der Waals surface area contributed by atoms with Crippen molar-refractivity contribution in [2.24, 2.45) is 5.92 Å². The molecule has 3 amide bonds. The zero-order chi connectivity index (χ0) is 27.6. The van der Waals surface area contributed by atoms with Crippen LogP contribution in [-0.4, -0.2) is 72.3 Å². The third-order valence-electron chi connectivity index (χ3n) is 6.95. The lowest BCUT2D eigenvalue weighted by Crippen LogP contribution is -2.56. The second-order valence-corrected chi connectivity index (χ2v) is 11.6. The first-order chi connectivity index (χ1) is 18.0. The minimum absolute atomic E-state index is 0.00757. The molecule has 0 radical (unpaired) electrons. The number of likely N-dealkylation sites (N-methyl/N-ethyl adjacent to an activating group) is 1. The molecule has 2 aromatic rings. The number of halogens is 1. The van der Waals surface area contributed by atoms with Crippen LogP contribution in [0.25, 0.3) is 0 Å². The Bertz CT molecular complexity index is 1250. The van der Waals surface area contributed by atoms with Crippen LogP contribution in [0.1, 0.15) is 39.6 Å². The molecule has 3 atom stereocenters. The summed E-state index contributed by atoms with van der Waals surface area (Å²) in [6.07, 6.45) is 2.35. The molecule has 1 saturated carbocycles. The number of carbonyl (C=O) groups is 3. The van der Waals surface area contributed by atoms with Gasteiger partial charge < -0.3 is 31.5 Å². The van der Waals surface area contributed by atoms with Crippen molar-refractivity contribution in [1.29, 1.82) is 0 Å². The average Bonchev–Trinajstić information content (AvgIpc) is 3.30. The number of thiazole rings is 1. The van der Waals surface area contributed by atoms with Gasteiger partial charge in [-0.3, -0.25) is 14.4 Å². The normalized spacial score (nSPS) is 21.2. The first-order valence-corrected chi connectivity index (χ1v) is 13.7. The van der Waals surface area contributed by atoms with E-state index < -0.39 is 11.9 Å². The summed E-state index contributed by atoms with van der Waals surface area (Å²) in [7, 11) is 5.49. The van der Waals surface area contributed by atoms with E-state index in [1.165, 1.54) is 11.3 Å². The van der Waals surface area contributed by atoms with Crippen molar-refractivity contribution in [2.45, 2.75) is 44.3 Å². The maximum absolute atomic E-state index is 13.3. The SMILES string of the molecule is C=C(Nc1ccc(Cl)c(N)c1)C(=O)N[C@H]1CC[C@H](C(=O)N(C)C)C[C@H]1NC(=O)c1nc2c(s1)CN(C)CC2. The summed E-state index contributed by atoms with van der Waals surface area (Å²) in [5, 5.41) is 9.83. The first-order valence-electron chi connectivity index (χ1n) is 12.5. The maximum atomic E-state index is 13.3. The lowest BCUT2D eigenvalue weighted by atomic mass is 9.81. The summed E-state index contributed by atoms with van der Waals surface area (Å²) in [6, 6.07) is 4.12. The molecule has 2 aliphatic rings. The van der Waals surface area contributed by atoms with Gasteiger partial charge in [-0.25, -0.2) is 4.98 Å². The number of nitrogens with two attached hydrogens (primary N) is 1. The van der Waals surface area contributed by atoms with E-state index in [4.69, 9.17) is 17.3 Å². The molecule has 1 aromatic carbocycles. The Balaban J connectivity index is 1.46. The predicted molar refractivity (Wildman–Crippen MR) is 150 cm³/mol. The fraction of sp³-hybridized carbons (Fsp3) is 0.462. The molecule has 12 heteroatoms. The third-order valence-corrected chi connectivity index (χ3v) is 8.38. The zero-order valence-corrected chi connectivity index (χ0v) is 23.4. The lowest BCUT2D eigenvalue weighted by Gasteiger charge is -2.37. The van der Waals surface area contributed by atoms with Crippen LogP contribution in [0.4, 0.5) is 11.4 Å². The first kappa shape index (κ1) is 27.9. The Morgan fingerprint density at radius 1 is 1.21 bits per heavy atom. The predicted octanol–water partition coefficient (Wildman–Crippen LogP) is 2.46. The van der Waals surface area contributed by atoms with Gasteiger partial charge in [-0.1, -0.05) is 18.2 Å². The Morgan fingerprint density at radius 3 is 2.68 bits per heavy atom. The molecule has 0 bridgehead atoms. The smallest absolute Gasteiger partial charge is 0.280 e. The van der Waals surface area contributed by atoms with Gasteiger partial charge in [-0.2, -0.15) is 0 Å². The van der Waals surface area contributed by atoms with Crippen LogP contribution in [0.5, 0.6) is 0 Å². The minimum Gasteiger partial charge on any atom is -0.397 e. The molecule has 5 N–H and O–H groups in total. The van der Waals surface area contributed by atoms with Crippen LogP contribution < -0.4 is 21.7 Å². The lowest BCUT2D eigenvalue weighted by molar-refractivity contribution is -0.134. The molecule has 2 heterocycles. The fourth-order valence-corrected chi connectivity index (χ4v) is 6.06. The van der Waals surface area contributed by atoms with Gasteiger partial charge in [0, 0.05) is 56.1 Å². The van der Waals surface area contributed by atoms with Gasteiger partial charge in [-0.05, 0) is 44.5 Å². The van der Waals surface area contributed by atoms with E-state index in [2.05, 4.69) is 32.4 Å². The van der Waals surface area contributed by atoms with Gasteiger partial charge in [0.15, 0.2) is 5.01 Å². The van der Waals surface area contributed by atoms with Crippen molar-refractivity contribution in [3.63, 3.8) is 0 Å². The van der Waals surface area contributed by atoms with Crippen LogP contribution in [-0.2, 0) is 22.6 Å². The molecular weight excluding hydrogens is 526 g/mol. The fourth-order valence-electron chi connectivity index (χ4n) is 4.85. The number of rotatable bonds is 7. The summed E-state index contributed by atoms with van der Waals surface area (Å²) in [4.78, 5) is 48.4. The van der Waals surface area contributed by atoms with Gasteiger partial charge in [0.2, 0.25) is 5.91 Å². The molecule has 204 valence electrons. The van der Waals surface area contributed by atoms with Crippen LogP contribution in [0, 0.1) is 5.92 Å². The van der Waals surface area contributed by atoms with Crippen molar-refractivity contribution >= 4 is 52.0 Å². The number of aromatic nitrogens is 1. The summed E-state index contributed by atoms with van der Waals surface area (Å²) < 4.78 is 0. The number of amides is 3. The number of nitrogen functional groups attached to an aromatic ring is 1. The van der Waals surface area contributed by atoms with E-state index in [9.17, 15) is 14.4 Å². The summed E-state index contributed by atoms with van der Waals surface area (Å²) in [5.41, 5.74) is 7.91. The van der Waals surface area contributed by atoms with Crippen molar-refractivity contribution in [1.82, 2.24) is 25.4 Å². The second kappa shape index (κ2) is 11.7. The standard InChI is InChI=1S/C26H34ClN7O3S/c1-14(29-16-6-7-17(27)18(28)12-16)23(35)30-19-8-5-15(26(37)33(2)3)11-21(19)31-24(36)25-32-20-9-10-34(4)13-22(20)38-25/h6-7,12,15,19,21,29H,1,5,8-11,13,28H2,2-4H3,(H,30,35)(H,31,36)/t15-,19-,21+/m0/s1. The highest BCUT2D eigenvalue weighted by atomic mass is 35.5. The van der Waals surface area contributed by atoms with Crippen molar-refractivity contribution in [3.05, 3.63) is 51.1 Å². The van der Waals surface area contributed by atoms with Crippen LogP contribution >= 0.6 is 22.9 Å². The topological polar surface area (TPSA) is 133 Å². The maximum Gasteiger partial charge on any atom is 0.280 e. The summed E-state index contributed by atoms with van der Waals surface area (Å²) in [6.45, 7) is 5.53.